The lowest BCUT2D eigenvalue weighted by Crippen LogP contribution is -2.32. The summed E-state index contributed by atoms with van der Waals surface area (Å²) in [5, 5.41) is 3.72. The molecule has 2 aromatic carbocycles. The van der Waals surface area contributed by atoms with Crippen LogP contribution in [0.4, 0.5) is 5.69 Å². The molecule has 0 spiro atoms. The fourth-order valence-electron chi connectivity index (χ4n) is 1.79. The van der Waals surface area contributed by atoms with E-state index in [2.05, 4.69) is 5.32 Å². The zero-order valence-corrected chi connectivity index (χ0v) is 13.0. The predicted molar refractivity (Wildman–Crippen MR) is 86.2 cm³/mol. The Labute approximate surface area is 133 Å². The molecule has 0 aromatic heterocycles. The second kappa shape index (κ2) is 7.34. The Morgan fingerprint density at radius 1 is 1.10 bits per heavy atom. The minimum atomic E-state index is -0.638. The molecule has 1 N–H and O–H groups in total. The van der Waals surface area contributed by atoms with Crippen molar-refractivity contribution in [1.29, 1.82) is 0 Å². The minimum absolute atomic E-state index is 0.259. The molecule has 0 fully saturated rings. The molecule has 0 radical (unpaired) electrons. The van der Waals surface area contributed by atoms with E-state index in [1.54, 1.807) is 48.5 Å². The van der Waals surface area contributed by atoms with Crippen molar-refractivity contribution < 1.29 is 9.53 Å². The van der Waals surface area contributed by atoms with Crippen molar-refractivity contribution in [1.82, 2.24) is 0 Å². The van der Waals surface area contributed by atoms with Crippen molar-refractivity contribution in [2.75, 3.05) is 5.32 Å². The number of benzene rings is 2. The standard InChI is InChI=1S/C16H15Cl2NO2/c1-2-14(21-15-10-6-4-8-12(15)18)16(20)19-13-9-5-3-7-11(13)17/h3-10,14H,2H2,1H3,(H,19,20)/t14-/m0/s1. The molecule has 1 amide bonds. The van der Waals surface area contributed by atoms with Crippen molar-refractivity contribution in [3.8, 4) is 5.75 Å². The van der Waals surface area contributed by atoms with E-state index in [4.69, 9.17) is 27.9 Å². The summed E-state index contributed by atoms with van der Waals surface area (Å²) in [7, 11) is 0. The molecule has 0 unspecified atom stereocenters. The largest absolute Gasteiger partial charge is 0.479 e. The van der Waals surface area contributed by atoms with Gasteiger partial charge in [-0.25, -0.2) is 0 Å². The van der Waals surface area contributed by atoms with Crippen LogP contribution < -0.4 is 10.1 Å². The van der Waals surface area contributed by atoms with Gasteiger partial charge in [-0.15, -0.1) is 0 Å². The monoisotopic (exact) mass is 323 g/mol. The Kier molecular flexibility index (Phi) is 5.48. The maximum Gasteiger partial charge on any atom is 0.265 e. The molecule has 0 aliphatic carbocycles. The van der Waals surface area contributed by atoms with Gasteiger partial charge in [0.1, 0.15) is 5.75 Å². The summed E-state index contributed by atoms with van der Waals surface area (Å²) in [4.78, 5) is 12.3. The third-order valence-corrected chi connectivity index (χ3v) is 3.54. The van der Waals surface area contributed by atoms with Gasteiger partial charge in [0.05, 0.1) is 15.7 Å². The smallest absolute Gasteiger partial charge is 0.265 e. The van der Waals surface area contributed by atoms with Gasteiger partial charge in [-0.3, -0.25) is 4.79 Å². The number of nitrogens with one attached hydrogen (secondary N) is 1. The van der Waals surface area contributed by atoms with Crippen LogP contribution in [0, 0.1) is 0 Å². The van der Waals surface area contributed by atoms with E-state index < -0.39 is 6.10 Å². The molecule has 0 heterocycles. The Morgan fingerprint density at radius 2 is 1.71 bits per heavy atom. The molecule has 3 nitrogen and oxygen atoms in total. The number of amides is 1. The summed E-state index contributed by atoms with van der Waals surface area (Å²) in [6, 6.07) is 14.1. The second-order valence-corrected chi connectivity index (χ2v) is 5.23. The van der Waals surface area contributed by atoms with Gasteiger partial charge >= 0.3 is 0 Å². The normalized spacial score (nSPS) is 11.8. The molecule has 5 heteroatoms. The Hall–Kier alpha value is -1.71. The molecular formula is C16H15Cl2NO2. The molecule has 0 bridgehead atoms. The molecule has 0 aliphatic rings. The summed E-state index contributed by atoms with van der Waals surface area (Å²) in [5.74, 6) is 0.228. The zero-order chi connectivity index (χ0) is 15.2. The van der Waals surface area contributed by atoms with Crippen LogP contribution in [-0.4, -0.2) is 12.0 Å². The van der Waals surface area contributed by atoms with E-state index in [-0.39, 0.29) is 5.91 Å². The van der Waals surface area contributed by atoms with Crippen LogP contribution in [0.3, 0.4) is 0 Å². The number of carbonyl (C=O) groups is 1. The number of ether oxygens (including phenoxy) is 1. The fraction of sp³-hybridized carbons (Fsp3) is 0.188. The number of hydrogen-bond acceptors (Lipinski definition) is 2. The highest BCUT2D eigenvalue weighted by Crippen LogP contribution is 2.26. The average molecular weight is 324 g/mol. The van der Waals surface area contributed by atoms with E-state index in [9.17, 15) is 4.79 Å². The van der Waals surface area contributed by atoms with Gasteiger partial charge in [-0.2, -0.15) is 0 Å². The SMILES string of the molecule is CC[C@H](Oc1ccccc1Cl)C(=O)Nc1ccccc1Cl. The molecule has 0 saturated heterocycles. The Balaban J connectivity index is 2.09. The summed E-state index contributed by atoms with van der Waals surface area (Å²) in [5.41, 5.74) is 0.561. The lowest BCUT2D eigenvalue weighted by Gasteiger charge is -2.18. The predicted octanol–water partition coefficient (Wildman–Crippen LogP) is 4.79. The molecule has 1 atom stereocenters. The maximum absolute atomic E-state index is 12.3. The van der Waals surface area contributed by atoms with Crippen LogP contribution in [0.2, 0.25) is 10.0 Å². The van der Waals surface area contributed by atoms with Crippen LogP contribution in [-0.2, 0) is 4.79 Å². The Morgan fingerprint density at radius 3 is 2.33 bits per heavy atom. The van der Waals surface area contributed by atoms with Crippen molar-refractivity contribution in [2.24, 2.45) is 0 Å². The van der Waals surface area contributed by atoms with Crippen LogP contribution in [0.1, 0.15) is 13.3 Å². The quantitative estimate of drug-likeness (QED) is 0.859. The highest BCUT2D eigenvalue weighted by atomic mass is 35.5. The lowest BCUT2D eigenvalue weighted by atomic mass is 10.2. The highest BCUT2D eigenvalue weighted by molar-refractivity contribution is 6.33. The van der Waals surface area contributed by atoms with Crippen LogP contribution >= 0.6 is 23.2 Å². The van der Waals surface area contributed by atoms with E-state index in [1.165, 1.54) is 0 Å². The molecule has 2 rings (SSSR count). The van der Waals surface area contributed by atoms with Gasteiger partial charge in [0.2, 0.25) is 0 Å². The molecule has 0 saturated carbocycles. The fourth-order valence-corrected chi connectivity index (χ4v) is 2.15. The average Bonchev–Trinajstić information content (AvgIpc) is 2.48. The van der Waals surface area contributed by atoms with Gasteiger partial charge in [-0.1, -0.05) is 54.4 Å². The van der Waals surface area contributed by atoms with Crippen molar-refractivity contribution in [2.45, 2.75) is 19.4 Å². The maximum atomic E-state index is 12.3. The summed E-state index contributed by atoms with van der Waals surface area (Å²) in [6.45, 7) is 1.87. The van der Waals surface area contributed by atoms with E-state index >= 15 is 0 Å². The first-order valence-corrected chi connectivity index (χ1v) is 7.34. The van der Waals surface area contributed by atoms with E-state index in [1.807, 2.05) is 6.92 Å². The van der Waals surface area contributed by atoms with Crippen molar-refractivity contribution in [3.63, 3.8) is 0 Å². The number of para-hydroxylation sites is 2. The molecule has 2 aromatic rings. The third-order valence-electron chi connectivity index (χ3n) is 2.90. The number of carbonyl (C=O) groups excluding carboxylic acids is 1. The molecule has 0 aliphatic heterocycles. The van der Waals surface area contributed by atoms with Crippen molar-refractivity contribution >= 4 is 34.8 Å². The van der Waals surface area contributed by atoms with Gasteiger partial charge in [0.25, 0.3) is 5.91 Å². The lowest BCUT2D eigenvalue weighted by molar-refractivity contribution is -0.122. The Bertz CT molecular complexity index is 631. The number of rotatable bonds is 5. The van der Waals surface area contributed by atoms with Crippen molar-refractivity contribution in [3.05, 3.63) is 58.6 Å². The minimum Gasteiger partial charge on any atom is -0.479 e. The van der Waals surface area contributed by atoms with Gasteiger partial charge in [0.15, 0.2) is 6.10 Å². The summed E-state index contributed by atoms with van der Waals surface area (Å²) in [6.07, 6.45) is -0.122. The van der Waals surface area contributed by atoms with Crippen LogP contribution in [0.25, 0.3) is 0 Å². The number of halogens is 2. The molecular weight excluding hydrogens is 309 g/mol. The zero-order valence-electron chi connectivity index (χ0n) is 11.5. The third kappa shape index (κ3) is 4.13. The summed E-state index contributed by atoms with van der Waals surface area (Å²) >= 11 is 12.1. The van der Waals surface area contributed by atoms with E-state index in [0.29, 0.717) is 27.9 Å². The first-order chi connectivity index (χ1) is 10.1. The molecule has 110 valence electrons. The summed E-state index contributed by atoms with van der Waals surface area (Å²) < 4.78 is 5.68. The number of anilines is 1. The van der Waals surface area contributed by atoms with Gasteiger partial charge in [-0.05, 0) is 30.7 Å². The topological polar surface area (TPSA) is 38.3 Å². The first-order valence-electron chi connectivity index (χ1n) is 6.58. The number of hydrogen-bond donors (Lipinski definition) is 1. The van der Waals surface area contributed by atoms with E-state index in [0.717, 1.165) is 0 Å². The van der Waals surface area contributed by atoms with Gasteiger partial charge in [0, 0.05) is 0 Å². The second-order valence-electron chi connectivity index (χ2n) is 4.41. The first kappa shape index (κ1) is 15.7. The van der Waals surface area contributed by atoms with Gasteiger partial charge < -0.3 is 10.1 Å². The highest BCUT2D eigenvalue weighted by Gasteiger charge is 2.20. The molecule has 21 heavy (non-hydrogen) atoms. The van der Waals surface area contributed by atoms with Crippen LogP contribution in [0.15, 0.2) is 48.5 Å². The van der Waals surface area contributed by atoms with Crippen LogP contribution in [0.5, 0.6) is 5.75 Å².